The first-order chi connectivity index (χ1) is 8.34. The fraction of sp³-hybridized carbons (Fsp3) is 0.133. The van der Waals surface area contributed by atoms with Gasteiger partial charge in [0.15, 0.2) is 5.05 Å². The maximum atomic E-state index is 5.57. The summed E-state index contributed by atoms with van der Waals surface area (Å²) in [5.41, 5.74) is 1.28. The first-order valence-electron chi connectivity index (χ1n) is 5.64. The molecule has 0 N–H and O–H groups in total. The van der Waals surface area contributed by atoms with Crippen LogP contribution < -0.4 is 4.74 Å². The molecule has 0 aliphatic heterocycles. The molecule has 0 saturated heterocycles. The second-order valence-corrected chi connectivity index (χ2v) is 4.23. The highest BCUT2D eigenvalue weighted by molar-refractivity contribution is 7.80. The summed E-state index contributed by atoms with van der Waals surface area (Å²) in [6, 6.07) is 20.0. The molecule has 0 aliphatic carbocycles. The summed E-state index contributed by atoms with van der Waals surface area (Å²) >= 11 is 5.21. The topological polar surface area (TPSA) is 9.23 Å². The Hall–Kier alpha value is -1.67. The van der Waals surface area contributed by atoms with E-state index in [-0.39, 0.29) is 0 Å². The molecular formula is C15H14OS. The van der Waals surface area contributed by atoms with Crippen LogP contribution >= 0.6 is 12.2 Å². The average Bonchev–Trinajstić information content (AvgIpc) is 2.39. The van der Waals surface area contributed by atoms with Crippen LogP contribution in [0.1, 0.15) is 12.0 Å². The van der Waals surface area contributed by atoms with Crippen molar-refractivity contribution in [1.29, 1.82) is 0 Å². The number of hydrogen-bond donors (Lipinski definition) is 0. The third-order valence-electron chi connectivity index (χ3n) is 2.44. The van der Waals surface area contributed by atoms with Crippen LogP contribution in [-0.4, -0.2) is 5.05 Å². The van der Waals surface area contributed by atoms with Crippen LogP contribution in [0.4, 0.5) is 0 Å². The van der Waals surface area contributed by atoms with E-state index in [0.717, 1.165) is 18.6 Å². The highest BCUT2D eigenvalue weighted by Crippen LogP contribution is 2.11. The molecule has 2 aromatic carbocycles. The van der Waals surface area contributed by atoms with E-state index in [2.05, 4.69) is 12.1 Å². The van der Waals surface area contributed by atoms with Gasteiger partial charge in [0.25, 0.3) is 0 Å². The van der Waals surface area contributed by atoms with E-state index >= 15 is 0 Å². The summed E-state index contributed by atoms with van der Waals surface area (Å²) in [6.07, 6.45) is 1.70. The van der Waals surface area contributed by atoms with Crippen LogP contribution in [0.3, 0.4) is 0 Å². The normalized spacial score (nSPS) is 9.88. The minimum Gasteiger partial charge on any atom is -0.450 e. The lowest BCUT2D eigenvalue weighted by molar-refractivity contribution is 0.547. The Labute approximate surface area is 107 Å². The number of aryl methyl sites for hydroxylation is 1. The lowest BCUT2D eigenvalue weighted by Gasteiger charge is -2.06. The number of benzene rings is 2. The number of ether oxygens (including phenoxy) is 1. The van der Waals surface area contributed by atoms with Crippen molar-refractivity contribution in [2.75, 3.05) is 0 Å². The zero-order chi connectivity index (χ0) is 11.9. The Balaban J connectivity index is 1.83. The maximum absolute atomic E-state index is 5.57. The molecule has 0 bridgehead atoms. The molecule has 0 aromatic heterocycles. The van der Waals surface area contributed by atoms with Crippen molar-refractivity contribution in [2.45, 2.75) is 12.8 Å². The monoisotopic (exact) mass is 242 g/mol. The van der Waals surface area contributed by atoms with E-state index in [9.17, 15) is 0 Å². The molecule has 2 rings (SSSR count). The van der Waals surface area contributed by atoms with Crippen molar-refractivity contribution >= 4 is 17.3 Å². The van der Waals surface area contributed by atoms with Gasteiger partial charge in [0.2, 0.25) is 0 Å². The molecule has 86 valence electrons. The number of hydrogen-bond acceptors (Lipinski definition) is 2. The molecule has 1 nitrogen and oxygen atoms in total. The SMILES string of the molecule is S=C(CCc1ccccc1)Oc1ccccc1. The molecule has 17 heavy (non-hydrogen) atoms. The van der Waals surface area contributed by atoms with Crippen LogP contribution in [0.15, 0.2) is 60.7 Å². The summed E-state index contributed by atoms with van der Waals surface area (Å²) in [5.74, 6) is 0.811. The first-order valence-corrected chi connectivity index (χ1v) is 6.05. The molecule has 0 radical (unpaired) electrons. The second-order valence-electron chi connectivity index (χ2n) is 3.77. The van der Waals surface area contributed by atoms with E-state index in [1.807, 2.05) is 48.5 Å². The molecule has 0 atom stereocenters. The fourth-order valence-electron chi connectivity index (χ4n) is 1.56. The van der Waals surface area contributed by atoms with Crippen molar-refractivity contribution in [1.82, 2.24) is 0 Å². The van der Waals surface area contributed by atoms with Gasteiger partial charge in [-0.05, 0) is 36.3 Å². The quantitative estimate of drug-likeness (QED) is 0.749. The maximum Gasteiger partial charge on any atom is 0.167 e. The third-order valence-corrected chi connectivity index (χ3v) is 2.72. The first kappa shape index (κ1) is 11.8. The Morgan fingerprint density at radius 3 is 2.12 bits per heavy atom. The molecule has 0 heterocycles. The Morgan fingerprint density at radius 2 is 1.47 bits per heavy atom. The summed E-state index contributed by atoms with van der Waals surface area (Å²) < 4.78 is 5.57. The Bertz CT molecular complexity index is 465. The van der Waals surface area contributed by atoms with Gasteiger partial charge >= 0.3 is 0 Å². The van der Waals surface area contributed by atoms with Gasteiger partial charge in [-0.25, -0.2) is 0 Å². The van der Waals surface area contributed by atoms with Crippen LogP contribution in [-0.2, 0) is 6.42 Å². The van der Waals surface area contributed by atoms with Crippen LogP contribution in [0.2, 0.25) is 0 Å². The van der Waals surface area contributed by atoms with E-state index in [4.69, 9.17) is 17.0 Å². The van der Waals surface area contributed by atoms with E-state index in [1.165, 1.54) is 5.56 Å². The van der Waals surface area contributed by atoms with Crippen molar-refractivity contribution in [3.05, 3.63) is 66.2 Å². The van der Waals surface area contributed by atoms with Crippen molar-refractivity contribution < 1.29 is 4.74 Å². The average molecular weight is 242 g/mol. The van der Waals surface area contributed by atoms with Crippen LogP contribution in [0.5, 0.6) is 5.75 Å². The van der Waals surface area contributed by atoms with Gasteiger partial charge in [-0.1, -0.05) is 48.5 Å². The van der Waals surface area contributed by atoms with Crippen molar-refractivity contribution in [3.63, 3.8) is 0 Å². The van der Waals surface area contributed by atoms with Crippen LogP contribution in [0, 0.1) is 0 Å². The standard InChI is InChI=1S/C15H14OS/c17-15(16-14-9-5-2-6-10-14)12-11-13-7-3-1-4-8-13/h1-10H,11-12H2. The molecular weight excluding hydrogens is 228 g/mol. The Kier molecular flexibility index (Phi) is 4.28. The minimum atomic E-state index is 0.639. The zero-order valence-electron chi connectivity index (χ0n) is 9.50. The van der Waals surface area contributed by atoms with Gasteiger partial charge in [-0.3, -0.25) is 0 Å². The second kappa shape index (κ2) is 6.16. The van der Waals surface area contributed by atoms with Gasteiger partial charge in [0.1, 0.15) is 5.75 Å². The summed E-state index contributed by atoms with van der Waals surface area (Å²) in [6.45, 7) is 0. The minimum absolute atomic E-state index is 0.639. The molecule has 0 spiro atoms. The predicted molar refractivity (Wildman–Crippen MR) is 74.4 cm³/mol. The van der Waals surface area contributed by atoms with Crippen molar-refractivity contribution in [2.24, 2.45) is 0 Å². The van der Waals surface area contributed by atoms with Crippen molar-refractivity contribution in [3.8, 4) is 5.75 Å². The van der Waals surface area contributed by atoms with Crippen LogP contribution in [0.25, 0.3) is 0 Å². The number of para-hydroxylation sites is 1. The number of thiocarbonyl (C=S) groups is 1. The van der Waals surface area contributed by atoms with E-state index in [1.54, 1.807) is 0 Å². The summed E-state index contributed by atoms with van der Waals surface area (Å²) in [5, 5.41) is 0.639. The highest BCUT2D eigenvalue weighted by atomic mass is 32.1. The molecule has 0 saturated carbocycles. The molecule has 0 amide bonds. The van der Waals surface area contributed by atoms with E-state index < -0.39 is 0 Å². The lowest BCUT2D eigenvalue weighted by Crippen LogP contribution is -2.06. The molecule has 0 fully saturated rings. The zero-order valence-corrected chi connectivity index (χ0v) is 10.3. The molecule has 0 aliphatic rings. The van der Waals surface area contributed by atoms with Gasteiger partial charge < -0.3 is 4.74 Å². The Morgan fingerprint density at radius 1 is 0.882 bits per heavy atom. The highest BCUT2D eigenvalue weighted by Gasteiger charge is 2.00. The summed E-state index contributed by atoms with van der Waals surface area (Å²) in [4.78, 5) is 0. The lowest BCUT2D eigenvalue weighted by atomic mass is 10.1. The van der Waals surface area contributed by atoms with Gasteiger partial charge in [-0.15, -0.1) is 0 Å². The fourth-order valence-corrected chi connectivity index (χ4v) is 1.76. The smallest absolute Gasteiger partial charge is 0.167 e. The molecule has 0 unspecified atom stereocenters. The largest absolute Gasteiger partial charge is 0.450 e. The third kappa shape index (κ3) is 4.00. The van der Waals surface area contributed by atoms with Gasteiger partial charge in [0, 0.05) is 6.42 Å². The molecule has 2 aromatic rings. The van der Waals surface area contributed by atoms with E-state index in [0.29, 0.717) is 5.05 Å². The predicted octanol–water partition coefficient (Wildman–Crippen LogP) is 4.03. The number of rotatable bonds is 4. The molecule has 2 heteroatoms. The van der Waals surface area contributed by atoms with Gasteiger partial charge in [0.05, 0.1) is 0 Å². The van der Waals surface area contributed by atoms with Gasteiger partial charge in [-0.2, -0.15) is 0 Å². The summed E-state index contributed by atoms with van der Waals surface area (Å²) in [7, 11) is 0.